The predicted molar refractivity (Wildman–Crippen MR) is 120 cm³/mol. The number of hydrogen-bond acceptors (Lipinski definition) is 5. The fraction of sp³-hybridized carbons (Fsp3) is 0.364. The first-order valence-electron chi connectivity index (χ1n) is 10.0. The van der Waals surface area contributed by atoms with Crippen molar-refractivity contribution in [2.24, 2.45) is 0 Å². The molecule has 2 aromatic rings. The summed E-state index contributed by atoms with van der Waals surface area (Å²) in [5, 5.41) is 5.64. The molecule has 1 aliphatic heterocycles. The zero-order chi connectivity index (χ0) is 22.6. The number of ether oxygens (including phenoxy) is 1. The molecule has 0 bridgehead atoms. The van der Waals surface area contributed by atoms with E-state index in [1.54, 1.807) is 49.4 Å². The molecule has 31 heavy (non-hydrogen) atoms. The maximum absolute atomic E-state index is 13.0. The highest BCUT2D eigenvalue weighted by Crippen LogP contribution is 2.25. The molecular formula is C22H27N3O5S. The number of carbonyl (C=O) groups excluding carboxylic acids is 2. The van der Waals surface area contributed by atoms with E-state index in [9.17, 15) is 18.0 Å². The lowest BCUT2D eigenvalue weighted by Crippen LogP contribution is -2.32. The average molecular weight is 446 g/mol. The van der Waals surface area contributed by atoms with Gasteiger partial charge in [0.1, 0.15) is 0 Å². The van der Waals surface area contributed by atoms with Gasteiger partial charge in [0.25, 0.3) is 11.8 Å². The minimum absolute atomic E-state index is 0.0166. The number of nitrogens with one attached hydrogen (secondary N) is 2. The zero-order valence-corrected chi connectivity index (χ0v) is 18.7. The quantitative estimate of drug-likeness (QED) is 0.682. The van der Waals surface area contributed by atoms with Crippen LogP contribution in [-0.4, -0.2) is 52.8 Å². The molecule has 3 rings (SSSR count). The van der Waals surface area contributed by atoms with Gasteiger partial charge >= 0.3 is 0 Å². The van der Waals surface area contributed by atoms with E-state index in [-0.39, 0.29) is 12.0 Å². The standard InChI is InChI=1S/C22H27N3O5S/c1-15-17(10-6-12-20(15)25(2)31(3,28)29)22(27)24-19-11-5-4-9-18(19)21(26)23-14-16-8-7-13-30-16/h4-6,9-12,16H,7-8,13-14H2,1-3H3,(H,23,26)(H,24,27)/t16-/m1/s1. The van der Waals surface area contributed by atoms with Gasteiger partial charge in [-0.05, 0) is 49.6 Å². The van der Waals surface area contributed by atoms with Crippen LogP contribution in [0.4, 0.5) is 11.4 Å². The third-order valence-corrected chi connectivity index (χ3v) is 6.51. The lowest BCUT2D eigenvalue weighted by molar-refractivity contribution is 0.0858. The predicted octanol–water partition coefficient (Wildman–Crippen LogP) is 2.55. The molecule has 1 saturated heterocycles. The van der Waals surface area contributed by atoms with Gasteiger partial charge in [0.05, 0.1) is 29.3 Å². The Morgan fingerprint density at radius 2 is 1.81 bits per heavy atom. The van der Waals surface area contributed by atoms with Gasteiger partial charge in [-0.2, -0.15) is 0 Å². The monoisotopic (exact) mass is 445 g/mol. The van der Waals surface area contributed by atoms with E-state index in [1.807, 2.05) is 0 Å². The minimum atomic E-state index is -3.47. The van der Waals surface area contributed by atoms with E-state index in [0.717, 1.165) is 23.4 Å². The van der Waals surface area contributed by atoms with Crippen LogP contribution in [-0.2, 0) is 14.8 Å². The fourth-order valence-electron chi connectivity index (χ4n) is 3.48. The first-order chi connectivity index (χ1) is 14.7. The Morgan fingerprint density at radius 1 is 1.10 bits per heavy atom. The van der Waals surface area contributed by atoms with Crippen molar-refractivity contribution in [1.82, 2.24) is 5.32 Å². The summed E-state index contributed by atoms with van der Waals surface area (Å²) >= 11 is 0. The molecule has 2 aromatic carbocycles. The van der Waals surface area contributed by atoms with Gasteiger partial charge in [-0.1, -0.05) is 18.2 Å². The van der Waals surface area contributed by atoms with Gasteiger partial charge in [-0.15, -0.1) is 0 Å². The van der Waals surface area contributed by atoms with Crippen LogP contribution >= 0.6 is 0 Å². The van der Waals surface area contributed by atoms with E-state index >= 15 is 0 Å². The summed E-state index contributed by atoms with van der Waals surface area (Å²) in [6, 6.07) is 11.6. The lowest BCUT2D eigenvalue weighted by atomic mass is 10.1. The van der Waals surface area contributed by atoms with Gasteiger partial charge in [0.15, 0.2) is 0 Å². The van der Waals surface area contributed by atoms with Gasteiger partial charge < -0.3 is 15.4 Å². The Bertz CT molecular complexity index is 1080. The number of anilines is 2. The highest BCUT2D eigenvalue weighted by atomic mass is 32.2. The molecule has 0 saturated carbocycles. The summed E-state index contributed by atoms with van der Waals surface area (Å²) < 4.78 is 30.5. The number of para-hydroxylation sites is 1. The van der Waals surface area contributed by atoms with Crippen molar-refractivity contribution >= 4 is 33.2 Å². The summed E-state index contributed by atoms with van der Waals surface area (Å²) in [6.07, 6.45) is 3.02. The van der Waals surface area contributed by atoms with Crippen LogP contribution in [0, 0.1) is 6.92 Å². The van der Waals surface area contributed by atoms with Gasteiger partial charge in [-0.25, -0.2) is 8.42 Å². The van der Waals surface area contributed by atoms with Crippen molar-refractivity contribution in [3.05, 3.63) is 59.2 Å². The molecule has 1 heterocycles. The maximum Gasteiger partial charge on any atom is 0.256 e. The minimum Gasteiger partial charge on any atom is -0.376 e. The summed E-state index contributed by atoms with van der Waals surface area (Å²) in [5.74, 6) is -0.727. The van der Waals surface area contributed by atoms with Crippen LogP contribution < -0.4 is 14.9 Å². The van der Waals surface area contributed by atoms with Crippen LogP contribution in [0.5, 0.6) is 0 Å². The normalized spacial score (nSPS) is 16.0. The van der Waals surface area contributed by atoms with Crippen LogP contribution in [0.1, 0.15) is 39.1 Å². The molecule has 0 spiro atoms. The Labute approximate surface area is 182 Å². The fourth-order valence-corrected chi connectivity index (χ4v) is 4.03. The topological polar surface area (TPSA) is 105 Å². The van der Waals surface area contributed by atoms with Crippen LogP contribution in [0.15, 0.2) is 42.5 Å². The molecule has 0 radical (unpaired) electrons. The molecule has 2 amide bonds. The smallest absolute Gasteiger partial charge is 0.256 e. The van der Waals surface area contributed by atoms with Gasteiger partial charge in [0, 0.05) is 25.8 Å². The van der Waals surface area contributed by atoms with Crippen LogP contribution in [0.2, 0.25) is 0 Å². The highest BCUT2D eigenvalue weighted by Gasteiger charge is 2.21. The second-order valence-electron chi connectivity index (χ2n) is 7.52. The second kappa shape index (κ2) is 9.49. The largest absolute Gasteiger partial charge is 0.376 e. The van der Waals surface area contributed by atoms with Crippen molar-refractivity contribution in [1.29, 1.82) is 0 Å². The third-order valence-electron chi connectivity index (χ3n) is 5.32. The van der Waals surface area contributed by atoms with Crippen LogP contribution in [0.3, 0.4) is 0 Å². The summed E-state index contributed by atoms with van der Waals surface area (Å²) in [5.41, 5.74) is 1.98. The average Bonchev–Trinajstić information content (AvgIpc) is 3.25. The zero-order valence-electron chi connectivity index (χ0n) is 17.8. The van der Waals surface area contributed by atoms with Crippen molar-refractivity contribution in [3.63, 3.8) is 0 Å². The molecule has 0 aromatic heterocycles. The first-order valence-corrected chi connectivity index (χ1v) is 11.9. The van der Waals surface area contributed by atoms with E-state index in [4.69, 9.17) is 4.74 Å². The molecule has 166 valence electrons. The summed E-state index contributed by atoms with van der Waals surface area (Å²) in [4.78, 5) is 25.6. The van der Waals surface area contributed by atoms with Crippen molar-refractivity contribution in [2.75, 3.05) is 36.1 Å². The van der Waals surface area contributed by atoms with E-state index in [0.29, 0.717) is 41.2 Å². The second-order valence-corrected chi connectivity index (χ2v) is 9.54. The Morgan fingerprint density at radius 3 is 2.48 bits per heavy atom. The summed E-state index contributed by atoms with van der Waals surface area (Å²) in [6.45, 7) is 2.81. The Kier molecular flexibility index (Phi) is 6.97. The number of nitrogens with zero attached hydrogens (tertiary/aromatic N) is 1. The lowest BCUT2D eigenvalue weighted by Gasteiger charge is -2.20. The maximum atomic E-state index is 13.0. The number of amides is 2. The molecule has 9 heteroatoms. The Balaban J connectivity index is 1.79. The first kappa shape index (κ1) is 22.8. The van der Waals surface area contributed by atoms with Gasteiger partial charge in [-0.3, -0.25) is 13.9 Å². The third kappa shape index (κ3) is 5.42. The molecule has 0 aliphatic carbocycles. The SMILES string of the molecule is Cc1c(C(=O)Nc2ccccc2C(=O)NC[C@H]2CCCO2)cccc1N(C)S(C)(=O)=O. The van der Waals surface area contributed by atoms with Crippen LogP contribution in [0.25, 0.3) is 0 Å². The number of sulfonamides is 1. The molecule has 0 unspecified atom stereocenters. The molecule has 1 atom stereocenters. The molecular weight excluding hydrogens is 418 g/mol. The molecule has 2 N–H and O–H groups in total. The van der Waals surface area contributed by atoms with E-state index in [2.05, 4.69) is 10.6 Å². The van der Waals surface area contributed by atoms with E-state index < -0.39 is 15.9 Å². The molecule has 1 fully saturated rings. The Hall–Kier alpha value is -2.91. The van der Waals surface area contributed by atoms with Gasteiger partial charge in [0.2, 0.25) is 10.0 Å². The van der Waals surface area contributed by atoms with Crippen molar-refractivity contribution in [2.45, 2.75) is 25.9 Å². The van der Waals surface area contributed by atoms with E-state index in [1.165, 1.54) is 7.05 Å². The number of hydrogen-bond donors (Lipinski definition) is 2. The molecule has 8 nitrogen and oxygen atoms in total. The number of rotatable bonds is 7. The van der Waals surface area contributed by atoms with Crippen molar-refractivity contribution in [3.8, 4) is 0 Å². The number of carbonyl (C=O) groups is 2. The molecule has 1 aliphatic rings. The highest BCUT2D eigenvalue weighted by molar-refractivity contribution is 7.92. The summed E-state index contributed by atoms with van der Waals surface area (Å²) in [7, 11) is -2.04. The number of benzene rings is 2. The van der Waals surface area contributed by atoms with Crippen molar-refractivity contribution < 1.29 is 22.7 Å².